The molecule has 19 nitrogen and oxygen atoms in total. The Bertz CT molecular complexity index is 3370. The first-order valence-corrected chi connectivity index (χ1v) is 30.3. The number of anilines is 4. The van der Waals surface area contributed by atoms with E-state index in [0.29, 0.717) is 123 Å². The van der Waals surface area contributed by atoms with E-state index in [4.69, 9.17) is 38.2 Å². The van der Waals surface area contributed by atoms with Crippen LogP contribution in [-0.2, 0) is 54.6 Å². The molecule has 5 amide bonds. The van der Waals surface area contributed by atoms with Crippen molar-refractivity contribution in [3.05, 3.63) is 148 Å². The van der Waals surface area contributed by atoms with E-state index in [1.165, 1.54) is 12.2 Å². The molecule has 0 aliphatic carbocycles. The number of para-hydroxylation sites is 2. The molecule has 440 valence electrons. The lowest BCUT2D eigenvalue weighted by atomic mass is 10.1. The predicted molar refractivity (Wildman–Crippen MR) is 327 cm³/mol. The third kappa shape index (κ3) is 13.9. The SMILES string of the molecule is COCCOCCOCCN(CC(C)(C)SSCCCC(=O)NCCN1C(=O)C=CC1=O)c1cc(COc2cc3c(cc2OC)C(=O)N2c4ccccc4C[C@H]2C=N3)cc(COc2cc3c(cc2OC)C(=O)N2C(=CN3)Cc3ccccc32)c1. The first-order chi connectivity index (χ1) is 40.8. The van der Waals surface area contributed by atoms with Gasteiger partial charge in [0.1, 0.15) is 13.2 Å². The smallest absolute Gasteiger partial charge is 0.264 e. The van der Waals surface area contributed by atoms with E-state index in [9.17, 15) is 24.0 Å². The molecule has 0 bridgehead atoms. The molecule has 21 heteroatoms. The van der Waals surface area contributed by atoms with Gasteiger partial charge in [0.25, 0.3) is 23.6 Å². The summed E-state index contributed by atoms with van der Waals surface area (Å²) in [7, 11) is 8.17. The maximum atomic E-state index is 14.3. The van der Waals surface area contributed by atoms with Crippen molar-refractivity contribution in [1.82, 2.24) is 10.2 Å². The van der Waals surface area contributed by atoms with Gasteiger partial charge in [0.05, 0.1) is 81.5 Å². The van der Waals surface area contributed by atoms with Gasteiger partial charge in [-0.05, 0) is 85.0 Å². The quantitative estimate of drug-likeness (QED) is 0.0261. The Morgan fingerprint density at radius 2 is 1.43 bits per heavy atom. The molecule has 0 radical (unpaired) electrons. The first-order valence-electron chi connectivity index (χ1n) is 28.0. The van der Waals surface area contributed by atoms with Crippen molar-refractivity contribution in [2.24, 2.45) is 4.99 Å². The highest BCUT2D eigenvalue weighted by Gasteiger charge is 2.37. The zero-order valence-corrected chi connectivity index (χ0v) is 49.4. The minimum atomic E-state index is -0.376. The number of carbonyl (C=O) groups excluding carboxylic acids is 5. The number of hydrogen-bond donors (Lipinski definition) is 2. The van der Waals surface area contributed by atoms with Crippen molar-refractivity contribution >= 4 is 85.8 Å². The highest BCUT2D eigenvalue weighted by molar-refractivity contribution is 8.77. The number of methoxy groups -OCH3 is 3. The molecular formula is C63H69N7O12S2. The summed E-state index contributed by atoms with van der Waals surface area (Å²) in [6.07, 6.45) is 8.39. The third-order valence-corrected chi connectivity index (χ3v) is 18.1. The fourth-order valence-electron chi connectivity index (χ4n) is 10.6. The Morgan fingerprint density at radius 3 is 2.15 bits per heavy atom. The summed E-state index contributed by atoms with van der Waals surface area (Å²) in [5, 5.41) is 6.20. The normalized spacial score (nSPS) is 15.6. The number of benzene rings is 5. The van der Waals surface area contributed by atoms with Crippen LogP contribution in [0.3, 0.4) is 0 Å². The minimum Gasteiger partial charge on any atom is -0.493 e. The molecule has 5 aromatic carbocycles. The molecule has 0 saturated heterocycles. The van der Waals surface area contributed by atoms with Crippen molar-refractivity contribution in [1.29, 1.82) is 0 Å². The zero-order valence-electron chi connectivity index (χ0n) is 47.8. The first kappa shape index (κ1) is 59.3. The molecule has 5 aliphatic heterocycles. The number of ether oxygens (including phenoxy) is 7. The molecular weight excluding hydrogens is 1110 g/mol. The van der Waals surface area contributed by atoms with Gasteiger partial charge in [-0.2, -0.15) is 0 Å². The van der Waals surface area contributed by atoms with Gasteiger partial charge in [-0.1, -0.05) is 58.0 Å². The molecule has 5 aliphatic rings. The van der Waals surface area contributed by atoms with Crippen LogP contribution < -0.4 is 44.3 Å². The second-order valence-corrected chi connectivity index (χ2v) is 24.3. The summed E-state index contributed by atoms with van der Waals surface area (Å²) in [4.78, 5) is 76.8. The van der Waals surface area contributed by atoms with Crippen molar-refractivity contribution in [3.63, 3.8) is 0 Å². The molecule has 5 heterocycles. The van der Waals surface area contributed by atoms with Crippen LogP contribution in [0.5, 0.6) is 23.0 Å². The van der Waals surface area contributed by atoms with Crippen molar-refractivity contribution in [2.45, 2.75) is 63.5 Å². The molecule has 1 atom stereocenters. The van der Waals surface area contributed by atoms with Crippen molar-refractivity contribution < 1.29 is 57.1 Å². The average Bonchev–Trinajstić information content (AvgIpc) is 2.07. The maximum absolute atomic E-state index is 14.3. The van der Waals surface area contributed by atoms with E-state index in [-0.39, 0.29) is 66.6 Å². The van der Waals surface area contributed by atoms with Crippen LogP contribution in [0.15, 0.2) is 120 Å². The van der Waals surface area contributed by atoms with Crippen LogP contribution in [0, 0.1) is 0 Å². The second-order valence-electron chi connectivity index (χ2n) is 21.2. The van der Waals surface area contributed by atoms with E-state index in [0.717, 1.165) is 49.9 Å². The van der Waals surface area contributed by atoms with E-state index in [2.05, 4.69) is 41.5 Å². The lowest BCUT2D eigenvalue weighted by molar-refractivity contribution is -0.137. The summed E-state index contributed by atoms with van der Waals surface area (Å²) in [6, 6.07) is 28.8. The molecule has 0 saturated carbocycles. The van der Waals surface area contributed by atoms with E-state index in [1.807, 2.05) is 67.0 Å². The number of rotatable bonds is 29. The third-order valence-electron chi connectivity index (χ3n) is 14.7. The van der Waals surface area contributed by atoms with Gasteiger partial charge in [0, 0.05) is 117 Å². The lowest BCUT2D eigenvalue weighted by Gasteiger charge is -2.34. The Morgan fingerprint density at radius 1 is 0.762 bits per heavy atom. The van der Waals surface area contributed by atoms with Crippen LogP contribution >= 0.6 is 21.6 Å². The zero-order chi connectivity index (χ0) is 58.7. The van der Waals surface area contributed by atoms with E-state index < -0.39 is 0 Å². The van der Waals surface area contributed by atoms with Crippen LogP contribution in [0.4, 0.5) is 28.4 Å². The van der Waals surface area contributed by atoms with Crippen LogP contribution in [0.2, 0.25) is 0 Å². The number of aliphatic imine (C=N–C) groups is 1. The fraction of sp³-hybridized carbons (Fsp3) is 0.365. The molecule has 2 N–H and O–H groups in total. The number of carbonyl (C=O) groups is 5. The molecule has 0 spiro atoms. The van der Waals surface area contributed by atoms with Gasteiger partial charge in [0.2, 0.25) is 5.91 Å². The highest BCUT2D eigenvalue weighted by Crippen LogP contribution is 2.44. The minimum absolute atomic E-state index is 0.106. The highest BCUT2D eigenvalue weighted by atomic mass is 33.1. The van der Waals surface area contributed by atoms with Gasteiger partial charge < -0.3 is 48.7 Å². The summed E-state index contributed by atoms with van der Waals surface area (Å²) in [5.41, 5.74) is 9.19. The molecule has 0 unspecified atom stereocenters. The molecule has 84 heavy (non-hydrogen) atoms. The Labute approximate surface area is 497 Å². The van der Waals surface area contributed by atoms with E-state index in [1.54, 1.807) is 77.0 Å². The van der Waals surface area contributed by atoms with Crippen molar-refractivity contribution in [3.8, 4) is 23.0 Å². The standard InChI is InChI=1S/C63H69N7O12S2/c1-63(2,84-83-26-10-15-58(71)64-18-19-68-59(72)16-17-60(68)73)40-67(20-21-79-24-25-80-23-22-76-3)45-28-41(38-81-56-34-50-48(32-54(56)77-4)61(74)69-46(36-65-50)30-43-11-6-8-13-52(43)69)27-42(29-45)39-82-57-35-51-49(33-55(57)78-5)62(75)70-47(37-66-51)31-44-12-7-9-14-53(44)70/h6-9,11-14,16-17,27-29,32-37,46,66H,10,15,18-26,30-31,38-40H2,1-5H3,(H,64,71)/t46-/m0/s1. The van der Waals surface area contributed by atoms with Gasteiger partial charge in [-0.15, -0.1) is 0 Å². The lowest BCUT2D eigenvalue weighted by Crippen LogP contribution is -2.38. The van der Waals surface area contributed by atoms with Crippen molar-refractivity contribution in [2.75, 3.05) is 106 Å². The van der Waals surface area contributed by atoms with Gasteiger partial charge in [0.15, 0.2) is 23.0 Å². The predicted octanol–water partition coefficient (Wildman–Crippen LogP) is 9.09. The largest absolute Gasteiger partial charge is 0.493 e. The number of nitrogens with zero attached hydrogens (tertiary/aromatic N) is 5. The maximum Gasteiger partial charge on any atom is 0.264 e. The molecule has 0 fully saturated rings. The number of amides is 5. The molecule has 5 aromatic rings. The van der Waals surface area contributed by atoms with Gasteiger partial charge in [-0.25, -0.2) is 0 Å². The summed E-state index contributed by atoms with van der Waals surface area (Å²) in [6.45, 7) is 8.18. The summed E-state index contributed by atoms with van der Waals surface area (Å²) < 4.78 is 41.8. The second kappa shape index (κ2) is 27.3. The number of allylic oxidation sites excluding steroid dienone is 1. The number of imide groups is 1. The fourth-order valence-corrected chi connectivity index (χ4v) is 13.2. The van der Waals surface area contributed by atoms with Crippen LogP contribution in [0.1, 0.15) is 69.7 Å². The number of nitrogens with one attached hydrogen (secondary N) is 2. The number of hydrogen-bond acceptors (Lipinski definition) is 17. The average molecular weight is 1180 g/mol. The number of fused-ring (bicyclic) bond motifs is 8. The van der Waals surface area contributed by atoms with Gasteiger partial charge >= 0.3 is 0 Å². The summed E-state index contributed by atoms with van der Waals surface area (Å²) in [5.74, 6) is 1.13. The molecule has 0 aromatic heterocycles. The van der Waals surface area contributed by atoms with Gasteiger partial charge in [-0.3, -0.25) is 43.7 Å². The van der Waals surface area contributed by atoms with Crippen LogP contribution in [0.25, 0.3) is 0 Å². The monoisotopic (exact) mass is 1180 g/mol. The Balaban J connectivity index is 0.891. The topological polar surface area (TPSA) is 199 Å². The Kier molecular flexibility index (Phi) is 19.3. The Hall–Kier alpha value is -7.82. The van der Waals surface area contributed by atoms with E-state index >= 15 is 0 Å². The molecule has 10 rings (SSSR count). The summed E-state index contributed by atoms with van der Waals surface area (Å²) >= 11 is 0. The van der Waals surface area contributed by atoms with Crippen LogP contribution in [-0.4, -0.2) is 138 Å².